The number of pyridine rings is 1. The summed E-state index contributed by atoms with van der Waals surface area (Å²) in [6.07, 6.45) is 5.01. The highest BCUT2D eigenvalue weighted by Crippen LogP contribution is 2.22. The van der Waals surface area contributed by atoms with E-state index < -0.39 is 5.60 Å². The van der Waals surface area contributed by atoms with Crippen molar-refractivity contribution in [3.8, 4) is 0 Å². The van der Waals surface area contributed by atoms with E-state index >= 15 is 0 Å². The Balaban J connectivity index is 2.68. The van der Waals surface area contributed by atoms with Crippen molar-refractivity contribution in [1.82, 2.24) is 4.98 Å². The second-order valence-electron chi connectivity index (χ2n) is 4.78. The van der Waals surface area contributed by atoms with Gasteiger partial charge in [0.15, 0.2) is 0 Å². The van der Waals surface area contributed by atoms with Crippen LogP contribution in [0.4, 0.5) is 0 Å². The van der Waals surface area contributed by atoms with Gasteiger partial charge >= 0.3 is 0 Å². The first-order valence-electron chi connectivity index (χ1n) is 5.21. The Kier molecular flexibility index (Phi) is 4.29. The molecule has 3 heteroatoms. The second-order valence-corrected chi connectivity index (χ2v) is 5.70. The number of nitrogens with zero attached hydrogens (tertiary/aromatic N) is 1. The summed E-state index contributed by atoms with van der Waals surface area (Å²) in [7, 11) is 0. The van der Waals surface area contributed by atoms with Crippen LogP contribution < -0.4 is 0 Å². The van der Waals surface area contributed by atoms with Crippen molar-refractivity contribution in [3.63, 3.8) is 0 Å². The average Bonchev–Trinajstić information content (AvgIpc) is 1.99. The molecule has 2 nitrogen and oxygen atoms in total. The molecule has 0 aliphatic heterocycles. The monoisotopic (exact) mass is 271 g/mol. The minimum absolute atomic E-state index is 0.500. The number of aromatic nitrogens is 1. The first-order valence-corrected chi connectivity index (χ1v) is 6.00. The van der Waals surface area contributed by atoms with Gasteiger partial charge in [-0.3, -0.25) is 4.98 Å². The molecule has 1 heterocycles. The summed E-state index contributed by atoms with van der Waals surface area (Å²) in [4.78, 5) is 4.09. The summed E-state index contributed by atoms with van der Waals surface area (Å²) in [6, 6.07) is 2.00. The van der Waals surface area contributed by atoms with Crippen molar-refractivity contribution in [2.45, 2.75) is 39.2 Å². The van der Waals surface area contributed by atoms with Gasteiger partial charge in [0.2, 0.25) is 0 Å². The zero-order valence-electron chi connectivity index (χ0n) is 9.50. The van der Waals surface area contributed by atoms with E-state index in [0.29, 0.717) is 12.3 Å². The molecule has 0 saturated heterocycles. The van der Waals surface area contributed by atoms with E-state index in [4.69, 9.17) is 0 Å². The first kappa shape index (κ1) is 12.7. The molecule has 1 N–H and O–H groups in total. The van der Waals surface area contributed by atoms with Crippen LogP contribution in [-0.2, 0) is 6.42 Å². The lowest BCUT2D eigenvalue weighted by atomic mass is 9.89. The summed E-state index contributed by atoms with van der Waals surface area (Å²) in [5.74, 6) is 0.500. The van der Waals surface area contributed by atoms with Crippen molar-refractivity contribution in [3.05, 3.63) is 28.5 Å². The van der Waals surface area contributed by atoms with E-state index in [1.165, 1.54) is 0 Å². The van der Waals surface area contributed by atoms with Gasteiger partial charge in [-0.1, -0.05) is 13.8 Å². The Morgan fingerprint density at radius 2 is 2.13 bits per heavy atom. The molecule has 1 atom stereocenters. The van der Waals surface area contributed by atoms with Gasteiger partial charge in [-0.05, 0) is 46.8 Å². The number of halogens is 1. The highest BCUT2D eigenvalue weighted by atomic mass is 79.9. The van der Waals surface area contributed by atoms with Gasteiger partial charge in [0.05, 0.1) is 5.60 Å². The van der Waals surface area contributed by atoms with Crippen molar-refractivity contribution in [1.29, 1.82) is 0 Å². The second kappa shape index (κ2) is 5.08. The summed E-state index contributed by atoms with van der Waals surface area (Å²) < 4.78 is 0.959. The maximum Gasteiger partial charge on any atom is 0.0663 e. The van der Waals surface area contributed by atoms with E-state index in [1.54, 1.807) is 12.4 Å². The molecule has 1 aromatic heterocycles. The van der Waals surface area contributed by atoms with Crippen LogP contribution in [0.1, 0.15) is 32.8 Å². The molecule has 15 heavy (non-hydrogen) atoms. The molecular formula is C12H18BrNO. The molecule has 1 rings (SSSR count). The zero-order chi connectivity index (χ0) is 11.5. The SMILES string of the molecule is CC(C)CC(C)(O)Cc1cncc(Br)c1. The third-order valence-electron chi connectivity index (χ3n) is 2.19. The lowest BCUT2D eigenvalue weighted by molar-refractivity contribution is 0.0387. The van der Waals surface area contributed by atoms with Gasteiger partial charge in [-0.2, -0.15) is 0 Å². The maximum atomic E-state index is 10.2. The molecule has 0 spiro atoms. The average molecular weight is 272 g/mol. The van der Waals surface area contributed by atoms with Crippen molar-refractivity contribution in [2.75, 3.05) is 0 Å². The van der Waals surface area contributed by atoms with Gasteiger partial charge in [-0.25, -0.2) is 0 Å². The van der Waals surface area contributed by atoms with Crippen LogP contribution in [0.15, 0.2) is 22.9 Å². The molecule has 0 aromatic carbocycles. The fourth-order valence-electron chi connectivity index (χ4n) is 1.94. The van der Waals surface area contributed by atoms with E-state index in [-0.39, 0.29) is 0 Å². The fourth-order valence-corrected chi connectivity index (χ4v) is 2.36. The number of rotatable bonds is 4. The van der Waals surface area contributed by atoms with E-state index in [0.717, 1.165) is 16.5 Å². The van der Waals surface area contributed by atoms with Crippen LogP contribution in [0, 0.1) is 5.92 Å². The molecule has 0 fully saturated rings. The van der Waals surface area contributed by atoms with Crippen molar-refractivity contribution < 1.29 is 5.11 Å². The van der Waals surface area contributed by atoms with Crippen LogP contribution >= 0.6 is 15.9 Å². The van der Waals surface area contributed by atoms with Gasteiger partial charge in [-0.15, -0.1) is 0 Å². The van der Waals surface area contributed by atoms with Crippen LogP contribution in [0.5, 0.6) is 0 Å². The zero-order valence-corrected chi connectivity index (χ0v) is 11.1. The minimum Gasteiger partial charge on any atom is -0.390 e. The first-order chi connectivity index (χ1) is 6.89. The Labute approximate surface area is 99.9 Å². The van der Waals surface area contributed by atoms with Crippen molar-refractivity contribution in [2.24, 2.45) is 5.92 Å². The smallest absolute Gasteiger partial charge is 0.0663 e. The summed E-state index contributed by atoms with van der Waals surface area (Å²) in [5, 5.41) is 10.2. The lowest BCUT2D eigenvalue weighted by Gasteiger charge is -2.25. The quantitative estimate of drug-likeness (QED) is 0.913. The molecule has 0 aliphatic carbocycles. The van der Waals surface area contributed by atoms with E-state index in [2.05, 4.69) is 34.8 Å². The summed E-state index contributed by atoms with van der Waals surface area (Å²) in [6.45, 7) is 6.12. The third-order valence-corrected chi connectivity index (χ3v) is 2.63. The number of hydrogen-bond donors (Lipinski definition) is 1. The maximum absolute atomic E-state index is 10.2. The Morgan fingerprint density at radius 3 is 2.67 bits per heavy atom. The summed E-state index contributed by atoms with van der Waals surface area (Å²) in [5.41, 5.74) is 0.423. The van der Waals surface area contributed by atoms with Crippen LogP contribution in [0.25, 0.3) is 0 Å². The van der Waals surface area contributed by atoms with Crippen LogP contribution in [0.2, 0.25) is 0 Å². The number of aliphatic hydroxyl groups is 1. The molecule has 0 aliphatic rings. The molecule has 1 unspecified atom stereocenters. The normalized spacial score (nSPS) is 15.3. The Bertz CT molecular complexity index is 323. The minimum atomic E-state index is -0.642. The van der Waals surface area contributed by atoms with Gasteiger partial charge in [0.1, 0.15) is 0 Å². The predicted molar refractivity (Wildman–Crippen MR) is 65.7 cm³/mol. The highest BCUT2D eigenvalue weighted by molar-refractivity contribution is 9.10. The van der Waals surface area contributed by atoms with Crippen molar-refractivity contribution >= 4 is 15.9 Å². The molecule has 0 amide bonds. The van der Waals surface area contributed by atoms with Crippen LogP contribution in [-0.4, -0.2) is 15.7 Å². The molecule has 84 valence electrons. The Hall–Kier alpha value is -0.410. The van der Waals surface area contributed by atoms with Gasteiger partial charge in [0, 0.05) is 23.3 Å². The van der Waals surface area contributed by atoms with Gasteiger partial charge in [0.25, 0.3) is 0 Å². The molecule has 0 radical (unpaired) electrons. The van der Waals surface area contributed by atoms with Crippen LogP contribution in [0.3, 0.4) is 0 Å². The molecular weight excluding hydrogens is 254 g/mol. The fraction of sp³-hybridized carbons (Fsp3) is 0.583. The third kappa shape index (κ3) is 4.76. The topological polar surface area (TPSA) is 33.1 Å². The molecule has 0 bridgehead atoms. The standard InChI is InChI=1S/C12H18BrNO/c1-9(2)5-12(3,15)6-10-4-11(13)8-14-7-10/h4,7-9,15H,5-6H2,1-3H3. The summed E-state index contributed by atoms with van der Waals surface area (Å²) >= 11 is 3.38. The lowest BCUT2D eigenvalue weighted by Crippen LogP contribution is -2.29. The number of hydrogen-bond acceptors (Lipinski definition) is 2. The molecule has 1 aromatic rings. The van der Waals surface area contributed by atoms with E-state index in [1.807, 2.05) is 13.0 Å². The molecule has 0 saturated carbocycles. The van der Waals surface area contributed by atoms with E-state index in [9.17, 15) is 5.11 Å². The predicted octanol–water partition coefficient (Wildman–Crippen LogP) is 3.18. The highest BCUT2D eigenvalue weighted by Gasteiger charge is 2.22. The Morgan fingerprint density at radius 1 is 1.47 bits per heavy atom. The largest absolute Gasteiger partial charge is 0.390 e. The van der Waals surface area contributed by atoms with Gasteiger partial charge < -0.3 is 5.11 Å².